The van der Waals surface area contributed by atoms with Crippen molar-refractivity contribution >= 4 is 0 Å². The molecule has 4 heterocycles. The van der Waals surface area contributed by atoms with Crippen LogP contribution in [0, 0.1) is 0 Å². The summed E-state index contributed by atoms with van der Waals surface area (Å²) in [4.78, 5) is 11.0. The first-order valence-corrected chi connectivity index (χ1v) is 8.64. The van der Waals surface area contributed by atoms with Crippen LogP contribution in [0.25, 0.3) is 0 Å². The van der Waals surface area contributed by atoms with E-state index in [4.69, 9.17) is 9.47 Å². The highest BCUT2D eigenvalue weighted by molar-refractivity contribution is 5.16. The van der Waals surface area contributed by atoms with Crippen molar-refractivity contribution in [1.82, 2.24) is 14.9 Å². The van der Waals surface area contributed by atoms with Crippen molar-refractivity contribution in [2.24, 2.45) is 0 Å². The van der Waals surface area contributed by atoms with Crippen LogP contribution in [0.1, 0.15) is 25.0 Å². The number of piperidine rings is 1. The molecule has 2 aromatic rings. The highest BCUT2D eigenvalue weighted by Crippen LogP contribution is 2.36. The van der Waals surface area contributed by atoms with Crippen LogP contribution < -0.4 is 4.74 Å². The fourth-order valence-electron chi connectivity index (χ4n) is 3.82. The molecule has 0 bridgehead atoms. The maximum atomic E-state index is 6.23. The van der Waals surface area contributed by atoms with Crippen LogP contribution in [0.2, 0.25) is 0 Å². The van der Waals surface area contributed by atoms with Gasteiger partial charge in [-0.25, -0.2) is 0 Å². The number of nitrogens with zero attached hydrogens (tertiary/aromatic N) is 3. The number of likely N-dealkylation sites (tertiary alicyclic amines) is 1. The molecule has 0 amide bonds. The SMILES string of the molecule is c1ccc(CN2CCC[C@@]3(C[C@H](Oc4cccnc4)CO3)C2)nc1. The van der Waals surface area contributed by atoms with E-state index in [1.54, 1.807) is 12.4 Å². The normalized spacial score (nSPS) is 27.4. The maximum Gasteiger partial charge on any atom is 0.138 e. The van der Waals surface area contributed by atoms with Gasteiger partial charge in [0.1, 0.15) is 11.9 Å². The Bertz CT molecular complexity index is 652. The van der Waals surface area contributed by atoms with Gasteiger partial charge in [-0.15, -0.1) is 0 Å². The highest BCUT2D eigenvalue weighted by Gasteiger charge is 2.44. The molecule has 5 nitrogen and oxygen atoms in total. The standard InChI is InChI=1S/C19H23N3O2/c1-2-9-21-16(5-1)13-22-10-4-7-19(15-22)11-18(14-23-19)24-17-6-3-8-20-12-17/h1-3,5-6,8-9,12,18H,4,7,10-11,13-15H2/t18-,19+/m0/s1. The van der Waals surface area contributed by atoms with Crippen LogP contribution in [-0.2, 0) is 11.3 Å². The summed E-state index contributed by atoms with van der Waals surface area (Å²) in [5.74, 6) is 0.823. The summed E-state index contributed by atoms with van der Waals surface area (Å²) in [5, 5.41) is 0. The van der Waals surface area contributed by atoms with E-state index < -0.39 is 0 Å². The molecule has 0 unspecified atom stereocenters. The van der Waals surface area contributed by atoms with E-state index >= 15 is 0 Å². The number of hydrogen-bond acceptors (Lipinski definition) is 5. The van der Waals surface area contributed by atoms with Gasteiger partial charge in [-0.2, -0.15) is 0 Å². The summed E-state index contributed by atoms with van der Waals surface area (Å²) in [7, 11) is 0. The van der Waals surface area contributed by atoms with Crippen molar-refractivity contribution in [2.75, 3.05) is 19.7 Å². The molecule has 0 radical (unpaired) electrons. The second-order valence-electron chi connectivity index (χ2n) is 6.76. The van der Waals surface area contributed by atoms with Crippen molar-refractivity contribution in [3.05, 3.63) is 54.6 Å². The lowest BCUT2D eigenvalue weighted by molar-refractivity contribution is -0.0540. The lowest BCUT2D eigenvalue weighted by Gasteiger charge is -2.39. The Kier molecular flexibility index (Phi) is 4.45. The Balaban J connectivity index is 1.37. The summed E-state index contributed by atoms with van der Waals surface area (Å²) in [6.45, 7) is 3.61. The lowest BCUT2D eigenvalue weighted by Crippen LogP contribution is -2.47. The molecule has 2 saturated heterocycles. The molecule has 0 aromatic carbocycles. The summed E-state index contributed by atoms with van der Waals surface area (Å²) >= 11 is 0. The second kappa shape index (κ2) is 6.87. The molecule has 2 fully saturated rings. The molecule has 126 valence electrons. The molecule has 5 heteroatoms. The maximum absolute atomic E-state index is 6.23. The van der Waals surface area contributed by atoms with Crippen LogP contribution in [-0.4, -0.2) is 46.3 Å². The van der Waals surface area contributed by atoms with Crippen molar-refractivity contribution in [3.8, 4) is 5.75 Å². The molecule has 1 spiro atoms. The van der Waals surface area contributed by atoms with E-state index in [-0.39, 0.29) is 11.7 Å². The number of rotatable bonds is 4. The predicted octanol–water partition coefficient (Wildman–Crippen LogP) is 2.68. The van der Waals surface area contributed by atoms with Crippen molar-refractivity contribution in [1.29, 1.82) is 0 Å². The topological polar surface area (TPSA) is 47.5 Å². The van der Waals surface area contributed by atoms with Crippen LogP contribution in [0.15, 0.2) is 48.9 Å². The molecule has 2 aromatic heterocycles. The number of aromatic nitrogens is 2. The smallest absolute Gasteiger partial charge is 0.138 e. The minimum Gasteiger partial charge on any atom is -0.486 e. The zero-order valence-corrected chi connectivity index (χ0v) is 13.8. The molecule has 2 aliphatic heterocycles. The van der Waals surface area contributed by atoms with E-state index in [9.17, 15) is 0 Å². The van der Waals surface area contributed by atoms with Gasteiger partial charge in [0.15, 0.2) is 0 Å². The Hall–Kier alpha value is -1.98. The van der Waals surface area contributed by atoms with E-state index in [0.29, 0.717) is 6.61 Å². The van der Waals surface area contributed by atoms with Gasteiger partial charge in [0.05, 0.1) is 24.1 Å². The number of ether oxygens (including phenoxy) is 2. The van der Waals surface area contributed by atoms with Crippen LogP contribution in [0.5, 0.6) is 5.75 Å². The van der Waals surface area contributed by atoms with Gasteiger partial charge in [0, 0.05) is 31.9 Å². The average Bonchev–Trinajstić information content (AvgIpc) is 2.98. The van der Waals surface area contributed by atoms with E-state index in [2.05, 4.69) is 20.9 Å². The molecule has 24 heavy (non-hydrogen) atoms. The molecular weight excluding hydrogens is 302 g/mol. The lowest BCUT2D eigenvalue weighted by atomic mass is 9.89. The van der Waals surface area contributed by atoms with Crippen molar-refractivity contribution in [3.63, 3.8) is 0 Å². The fraction of sp³-hybridized carbons (Fsp3) is 0.474. The third-order valence-electron chi connectivity index (χ3n) is 4.84. The monoisotopic (exact) mass is 325 g/mol. The first kappa shape index (κ1) is 15.5. The summed E-state index contributed by atoms with van der Waals surface area (Å²) in [6.07, 6.45) is 8.71. The number of pyridine rings is 2. The summed E-state index contributed by atoms with van der Waals surface area (Å²) in [6, 6.07) is 9.95. The zero-order chi connectivity index (χ0) is 16.2. The summed E-state index contributed by atoms with van der Waals surface area (Å²) < 4.78 is 12.3. The third-order valence-corrected chi connectivity index (χ3v) is 4.84. The fourth-order valence-corrected chi connectivity index (χ4v) is 3.82. The minimum atomic E-state index is -0.0695. The van der Waals surface area contributed by atoms with E-state index in [1.807, 2.05) is 30.5 Å². The van der Waals surface area contributed by atoms with Gasteiger partial charge in [0.2, 0.25) is 0 Å². The quantitative estimate of drug-likeness (QED) is 0.865. The van der Waals surface area contributed by atoms with Crippen LogP contribution in [0.4, 0.5) is 0 Å². The van der Waals surface area contributed by atoms with Crippen molar-refractivity contribution in [2.45, 2.75) is 37.5 Å². The average molecular weight is 325 g/mol. The number of hydrogen-bond donors (Lipinski definition) is 0. The van der Waals surface area contributed by atoms with Gasteiger partial charge in [-0.1, -0.05) is 6.07 Å². The molecule has 0 N–H and O–H groups in total. The first-order valence-electron chi connectivity index (χ1n) is 8.64. The van der Waals surface area contributed by atoms with Crippen LogP contribution in [0.3, 0.4) is 0 Å². The van der Waals surface area contributed by atoms with Crippen molar-refractivity contribution < 1.29 is 9.47 Å². The van der Waals surface area contributed by atoms with Crippen LogP contribution >= 0.6 is 0 Å². The highest BCUT2D eigenvalue weighted by atomic mass is 16.6. The van der Waals surface area contributed by atoms with E-state index in [1.165, 1.54) is 0 Å². The third kappa shape index (κ3) is 3.57. The largest absolute Gasteiger partial charge is 0.486 e. The predicted molar refractivity (Wildman–Crippen MR) is 90.7 cm³/mol. The second-order valence-corrected chi connectivity index (χ2v) is 6.76. The Morgan fingerprint density at radius 1 is 1.25 bits per heavy atom. The van der Waals surface area contributed by atoms with E-state index in [0.717, 1.165) is 50.3 Å². The molecular formula is C19H23N3O2. The van der Waals surface area contributed by atoms with Gasteiger partial charge in [-0.3, -0.25) is 14.9 Å². The molecule has 2 aliphatic rings. The Morgan fingerprint density at radius 2 is 2.25 bits per heavy atom. The van der Waals surface area contributed by atoms with Gasteiger partial charge in [-0.05, 0) is 43.7 Å². The van der Waals surface area contributed by atoms with Gasteiger partial charge >= 0.3 is 0 Å². The zero-order valence-electron chi connectivity index (χ0n) is 13.8. The molecule has 0 saturated carbocycles. The Labute approximate surface area is 142 Å². The first-order chi connectivity index (χ1) is 11.8. The van der Waals surface area contributed by atoms with Gasteiger partial charge in [0.25, 0.3) is 0 Å². The van der Waals surface area contributed by atoms with Gasteiger partial charge < -0.3 is 9.47 Å². The molecule has 0 aliphatic carbocycles. The molecule has 2 atom stereocenters. The Morgan fingerprint density at radius 3 is 3.08 bits per heavy atom. The summed E-state index contributed by atoms with van der Waals surface area (Å²) in [5.41, 5.74) is 1.05. The molecule has 4 rings (SSSR count). The minimum absolute atomic E-state index is 0.0695.